The first kappa shape index (κ1) is 19.7. The standard InChI is InChI=1S/C17H24Cl2O2S/c1-21-17(20)8-6-12-22-11-5-3-2-4-7-14-9-10-15(18)13-16(14)19/h9-10,13H,2-8,11-12H2,1H3. The first-order chi connectivity index (χ1) is 10.6. The summed E-state index contributed by atoms with van der Waals surface area (Å²) in [5.41, 5.74) is 1.18. The average Bonchev–Trinajstić information content (AvgIpc) is 2.50. The maximum Gasteiger partial charge on any atom is 0.305 e. The number of esters is 1. The van der Waals surface area contributed by atoms with Crippen LogP contribution in [-0.4, -0.2) is 24.6 Å². The van der Waals surface area contributed by atoms with Gasteiger partial charge < -0.3 is 4.74 Å². The van der Waals surface area contributed by atoms with Gasteiger partial charge in [-0.05, 0) is 54.9 Å². The van der Waals surface area contributed by atoms with Gasteiger partial charge in [0.05, 0.1) is 7.11 Å². The summed E-state index contributed by atoms with van der Waals surface area (Å²) in [7, 11) is 1.44. The zero-order chi connectivity index (χ0) is 16.2. The second-order valence-corrected chi connectivity index (χ2v) is 7.26. The molecule has 2 nitrogen and oxygen atoms in total. The van der Waals surface area contributed by atoms with Crippen molar-refractivity contribution in [3.05, 3.63) is 33.8 Å². The van der Waals surface area contributed by atoms with Gasteiger partial charge in [0.15, 0.2) is 0 Å². The van der Waals surface area contributed by atoms with Crippen molar-refractivity contribution in [2.24, 2.45) is 0 Å². The van der Waals surface area contributed by atoms with E-state index in [9.17, 15) is 4.79 Å². The monoisotopic (exact) mass is 362 g/mol. The number of hydrogen-bond acceptors (Lipinski definition) is 3. The minimum Gasteiger partial charge on any atom is -0.469 e. The number of ether oxygens (including phenoxy) is 1. The molecule has 0 amide bonds. The van der Waals surface area contributed by atoms with Gasteiger partial charge in [-0.2, -0.15) is 11.8 Å². The lowest BCUT2D eigenvalue weighted by Gasteiger charge is -2.05. The van der Waals surface area contributed by atoms with E-state index in [-0.39, 0.29) is 5.97 Å². The SMILES string of the molecule is COC(=O)CCCSCCCCCCc1ccc(Cl)cc1Cl. The van der Waals surface area contributed by atoms with E-state index in [1.807, 2.05) is 30.0 Å². The Kier molecular flexibility index (Phi) is 10.8. The second kappa shape index (κ2) is 12.1. The average molecular weight is 363 g/mol. The third kappa shape index (κ3) is 8.92. The number of halogens is 2. The zero-order valence-electron chi connectivity index (χ0n) is 13.1. The number of unbranched alkanes of at least 4 members (excludes halogenated alkanes) is 3. The number of aryl methyl sites for hydroxylation is 1. The van der Waals surface area contributed by atoms with E-state index in [0.717, 1.165) is 30.0 Å². The zero-order valence-corrected chi connectivity index (χ0v) is 15.4. The highest BCUT2D eigenvalue weighted by Crippen LogP contribution is 2.22. The van der Waals surface area contributed by atoms with Crippen molar-refractivity contribution in [2.75, 3.05) is 18.6 Å². The van der Waals surface area contributed by atoms with Crippen molar-refractivity contribution in [1.29, 1.82) is 0 Å². The first-order valence-electron chi connectivity index (χ1n) is 7.72. The van der Waals surface area contributed by atoms with Gasteiger partial charge in [0.25, 0.3) is 0 Å². The summed E-state index contributed by atoms with van der Waals surface area (Å²) in [5.74, 6) is 2.10. The Labute approximate surface area is 147 Å². The number of benzene rings is 1. The molecule has 0 atom stereocenters. The van der Waals surface area contributed by atoms with E-state index in [2.05, 4.69) is 4.74 Å². The van der Waals surface area contributed by atoms with E-state index in [1.165, 1.54) is 37.7 Å². The van der Waals surface area contributed by atoms with Crippen molar-refractivity contribution in [1.82, 2.24) is 0 Å². The third-order valence-corrected chi connectivity index (χ3v) is 5.14. The highest BCUT2D eigenvalue weighted by atomic mass is 35.5. The summed E-state index contributed by atoms with van der Waals surface area (Å²) in [6, 6.07) is 5.72. The maximum absolute atomic E-state index is 10.9. The lowest BCUT2D eigenvalue weighted by Crippen LogP contribution is -2.00. The highest BCUT2D eigenvalue weighted by Gasteiger charge is 2.02. The Balaban J connectivity index is 1.94. The minimum absolute atomic E-state index is 0.110. The van der Waals surface area contributed by atoms with Crippen LogP contribution in [0.1, 0.15) is 44.1 Å². The fourth-order valence-corrected chi connectivity index (χ4v) is 3.58. The molecule has 0 aliphatic heterocycles. The van der Waals surface area contributed by atoms with Crippen LogP contribution in [0.3, 0.4) is 0 Å². The van der Waals surface area contributed by atoms with Gasteiger partial charge >= 0.3 is 5.97 Å². The number of carbonyl (C=O) groups is 1. The van der Waals surface area contributed by atoms with Crippen molar-refractivity contribution in [2.45, 2.75) is 44.9 Å². The topological polar surface area (TPSA) is 26.3 Å². The molecule has 0 unspecified atom stereocenters. The Morgan fingerprint density at radius 2 is 1.82 bits per heavy atom. The molecule has 0 radical (unpaired) electrons. The van der Waals surface area contributed by atoms with E-state index in [0.29, 0.717) is 11.4 Å². The molecule has 0 heterocycles. The molecule has 22 heavy (non-hydrogen) atoms. The van der Waals surface area contributed by atoms with Crippen LogP contribution in [0.2, 0.25) is 10.0 Å². The summed E-state index contributed by atoms with van der Waals surface area (Å²) in [6.45, 7) is 0. The Morgan fingerprint density at radius 3 is 2.55 bits per heavy atom. The van der Waals surface area contributed by atoms with Crippen LogP contribution >= 0.6 is 35.0 Å². The maximum atomic E-state index is 10.9. The normalized spacial score (nSPS) is 10.7. The predicted molar refractivity (Wildman–Crippen MR) is 97.2 cm³/mol. The summed E-state index contributed by atoms with van der Waals surface area (Å²) >= 11 is 14.0. The molecular formula is C17H24Cl2O2S. The molecule has 0 N–H and O–H groups in total. The molecule has 5 heteroatoms. The molecule has 1 aromatic carbocycles. The van der Waals surface area contributed by atoms with Gasteiger partial charge in [-0.1, -0.05) is 42.1 Å². The second-order valence-electron chi connectivity index (χ2n) is 5.19. The van der Waals surface area contributed by atoms with Crippen LogP contribution in [0.15, 0.2) is 18.2 Å². The number of methoxy groups -OCH3 is 1. The van der Waals surface area contributed by atoms with Crippen LogP contribution < -0.4 is 0 Å². The molecule has 1 rings (SSSR count). The Hall–Kier alpha value is -0.380. The van der Waals surface area contributed by atoms with Crippen LogP contribution in [0.25, 0.3) is 0 Å². The van der Waals surface area contributed by atoms with Gasteiger partial charge in [0, 0.05) is 16.5 Å². The molecule has 1 aromatic rings. The first-order valence-corrected chi connectivity index (χ1v) is 9.63. The summed E-state index contributed by atoms with van der Waals surface area (Å²) in [6.07, 6.45) is 7.32. The van der Waals surface area contributed by atoms with Crippen LogP contribution in [0, 0.1) is 0 Å². The van der Waals surface area contributed by atoms with Gasteiger partial charge in [0.2, 0.25) is 0 Å². The van der Waals surface area contributed by atoms with Crippen LogP contribution in [0.4, 0.5) is 0 Å². The molecule has 0 aliphatic rings. The highest BCUT2D eigenvalue weighted by molar-refractivity contribution is 7.99. The van der Waals surface area contributed by atoms with Gasteiger partial charge in [-0.3, -0.25) is 4.79 Å². The fraction of sp³-hybridized carbons (Fsp3) is 0.588. The van der Waals surface area contributed by atoms with Gasteiger partial charge in [-0.15, -0.1) is 0 Å². The number of thioether (sulfide) groups is 1. The van der Waals surface area contributed by atoms with Crippen molar-refractivity contribution in [3.8, 4) is 0 Å². The van der Waals surface area contributed by atoms with Gasteiger partial charge in [-0.25, -0.2) is 0 Å². The van der Waals surface area contributed by atoms with Crippen molar-refractivity contribution >= 4 is 40.9 Å². The number of rotatable bonds is 11. The third-order valence-electron chi connectivity index (χ3n) is 3.40. The smallest absolute Gasteiger partial charge is 0.305 e. The lowest BCUT2D eigenvalue weighted by molar-refractivity contribution is -0.140. The molecule has 124 valence electrons. The minimum atomic E-state index is -0.110. The molecular weight excluding hydrogens is 339 g/mol. The van der Waals surface area contributed by atoms with Crippen molar-refractivity contribution < 1.29 is 9.53 Å². The van der Waals surface area contributed by atoms with Crippen molar-refractivity contribution in [3.63, 3.8) is 0 Å². The molecule has 0 saturated carbocycles. The summed E-state index contributed by atoms with van der Waals surface area (Å²) in [4.78, 5) is 10.9. The molecule has 0 fully saturated rings. The molecule has 0 bridgehead atoms. The van der Waals surface area contributed by atoms with E-state index >= 15 is 0 Å². The number of carbonyl (C=O) groups excluding carboxylic acids is 1. The lowest BCUT2D eigenvalue weighted by atomic mass is 10.1. The molecule has 0 aromatic heterocycles. The predicted octanol–water partition coefficient (Wildman–Crippen LogP) is 5.78. The molecule has 0 aliphatic carbocycles. The van der Waals surface area contributed by atoms with Gasteiger partial charge in [0.1, 0.15) is 0 Å². The summed E-state index contributed by atoms with van der Waals surface area (Å²) in [5, 5.41) is 1.46. The van der Waals surface area contributed by atoms with Crippen LogP contribution in [-0.2, 0) is 16.0 Å². The van der Waals surface area contributed by atoms with E-state index in [4.69, 9.17) is 23.2 Å². The van der Waals surface area contributed by atoms with E-state index < -0.39 is 0 Å². The summed E-state index contributed by atoms with van der Waals surface area (Å²) < 4.78 is 4.61. The Bertz CT molecular complexity index is 452. The quantitative estimate of drug-likeness (QED) is 0.368. The fourth-order valence-electron chi connectivity index (χ4n) is 2.12. The number of hydrogen-bond donors (Lipinski definition) is 0. The van der Waals surface area contributed by atoms with E-state index in [1.54, 1.807) is 0 Å². The molecule has 0 spiro atoms. The largest absolute Gasteiger partial charge is 0.469 e. The van der Waals surface area contributed by atoms with Crippen LogP contribution in [0.5, 0.6) is 0 Å². The Morgan fingerprint density at radius 1 is 1.09 bits per heavy atom. The molecule has 0 saturated heterocycles.